The lowest BCUT2D eigenvalue weighted by Gasteiger charge is -2.40. The highest BCUT2D eigenvalue weighted by Gasteiger charge is 2.46. The largest absolute Gasteiger partial charge is 0.481 e. The Morgan fingerprint density at radius 2 is 1.67 bits per heavy atom. The number of Topliss-reactive ketones (excluding diaryl/α,β-unsaturated/α-hetero) is 1. The average Bonchev–Trinajstić information content (AvgIpc) is 3.39. The first-order valence-corrected chi connectivity index (χ1v) is 14.5. The summed E-state index contributed by atoms with van der Waals surface area (Å²) in [5.74, 6) is -2.70. The summed E-state index contributed by atoms with van der Waals surface area (Å²) < 4.78 is 50.3. The van der Waals surface area contributed by atoms with Crippen molar-refractivity contribution >= 4 is 40.9 Å². The third kappa shape index (κ3) is 6.60. The first kappa shape index (κ1) is 32.2. The van der Waals surface area contributed by atoms with Crippen LogP contribution in [-0.2, 0) is 15.7 Å². The Morgan fingerprint density at radius 1 is 1.07 bits per heavy atom. The van der Waals surface area contributed by atoms with Gasteiger partial charge in [0.2, 0.25) is 0 Å². The van der Waals surface area contributed by atoms with E-state index in [1.165, 1.54) is 19.5 Å². The average molecular weight is 633 g/mol. The molecule has 1 N–H and O–H groups in total. The van der Waals surface area contributed by atoms with E-state index in [0.717, 1.165) is 35.0 Å². The maximum atomic E-state index is 14.6. The number of nitrogens with zero attached hydrogens (tertiary/aromatic N) is 4. The van der Waals surface area contributed by atoms with Gasteiger partial charge in [0.1, 0.15) is 0 Å². The molecule has 2 aromatic heterocycles. The van der Waals surface area contributed by atoms with E-state index in [0.29, 0.717) is 12.8 Å². The van der Waals surface area contributed by atoms with E-state index < -0.39 is 58.7 Å². The lowest BCUT2D eigenvalue weighted by molar-refractivity contribution is -0.152. The molecule has 0 atom stereocenters. The standard InChI is InChI=1S/C28H33Cl2F3N4O5/c1-26(25(40)41)10-6-17(7-11-26)37-23(28(31,32)33)18(12-35-37)24(39)36(16-27(42-2)8-4-3-5-9-27)15-21(38)22-19(29)13-34-14-20(22)30/h12-14,17H,3-11,15-16H2,1-2H3,(H,40,41)/t17-,26-. The number of carbonyl (C=O) groups is 3. The van der Waals surface area contributed by atoms with Crippen LogP contribution in [0.1, 0.15) is 97.2 Å². The third-order valence-electron chi connectivity index (χ3n) is 8.65. The Bertz CT molecular complexity index is 1320. The minimum Gasteiger partial charge on any atom is -0.481 e. The summed E-state index contributed by atoms with van der Waals surface area (Å²) in [6, 6.07) is -0.747. The molecule has 2 aliphatic carbocycles. The van der Waals surface area contributed by atoms with Crippen LogP contribution in [0, 0.1) is 5.41 Å². The number of amides is 1. The maximum Gasteiger partial charge on any atom is 0.433 e. The molecule has 9 nitrogen and oxygen atoms in total. The predicted octanol–water partition coefficient (Wildman–Crippen LogP) is 6.48. The number of halogens is 5. The van der Waals surface area contributed by atoms with Crippen molar-refractivity contribution in [2.45, 2.75) is 82.5 Å². The van der Waals surface area contributed by atoms with Crippen LogP contribution >= 0.6 is 23.2 Å². The fraction of sp³-hybridized carbons (Fsp3) is 0.607. The Labute approximate surface area is 251 Å². The molecule has 0 unspecified atom stereocenters. The number of carbonyl (C=O) groups excluding carboxylic acids is 2. The maximum absolute atomic E-state index is 14.6. The molecule has 2 aromatic rings. The number of hydrogen-bond donors (Lipinski definition) is 1. The molecular weight excluding hydrogens is 600 g/mol. The van der Waals surface area contributed by atoms with E-state index in [2.05, 4.69) is 10.1 Å². The van der Waals surface area contributed by atoms with Crippen LogP contribution in [0.5, 0.6) is 0 Å². The van der Waals surface area contributed by atoms with E-state index in [9.17, 15) is 32.7 Å². The molecule has 0 saturated heterocycles. The number of methoxy groups -OCH3 is 1. The first-order chi connectivity index (χ1) is 19.7. The van der Waals surface area contributed by atoms with Gasteiger partial charge in [0.25, 0.3) is 5.91 Å². The number of ether oxygens (including phenoxy) is 1. The van der Waals surface area contributed by atoms with Gasteiger partial charge in [-0.3, -0.25) is 24.0 Å². The van der Waals surface area contributed by atoms with Gasteiger partial charge in [-0.05, 0) is 45.4 Å². The van der Waals surface area contributed by atoms with Gasteiger partial charge >= 0.3 is 12.1 Å². The van der Waals surface area contributed by atoms with Crippen molar-refractivity contribution in [1.82, 2.24) is 19.7 Å². The highest BCUT2D eigenvalue weighted by Crippen LogP contribution is 2.44. The van der Waals surface area contributed by atoms with Crippen LogP contribution in [0.4, 0.5) is 13.2 Å². The molecule has 14 heteroatoms. The molecule has 0 aromatic carbocycles. The highest BCUT2D eigenvalue weighted by atomic mass is 35.5. The van der Waals surface area contributed by atoms with Crippen LogP contribution in [0.15, 0.2) is 18.6 Å². The van der Waals surface area contributed by atoms with Gasteiger partial charge < -0.3 is 14.7 Å². The molecule has 230 valence electrons. The molecule has 42 heavy (non-hydrogen) atoms. The molecule has 4 rings (SSSR count). The summed E-state index contributed by atoms with van der Waals surface area (Å²) in [4.78, 5) is 43.9. The summed E-state index contributed by atoms with van der Waals surface area (Å²) in [5.41, 5.74) is -3.91. The van der Waals surface area contributed by atoms with E-state index >= 15 is 0 Å². The van der Waals surface area contributed by atoms with Crippen molar-refractivity contribution in [3.05, 3.63) is 45.5 Å². The van der Waals surface area contributed by atoms with Crippen molar-refractivity contribution in [1.29, 1.82) is 0 Å². The van der Waals surface area contributed by atoms with Crippen LogP contribution in [0.25, 0.3) is 0 Å². The summed E-state index contributed by atoms with van der Waals surface area (Å²) >= 11 is 12.3. The van der Waals surface area contributed by atoms with Crippen molar-refractivity contribution in [2.24, 2.45) is 5.41 Å². The van der Waals surface area contributed by atoms with E-state index in [4.69, 9.17) is 27.9 Å². The van der Waals surface area contributed by atoms with Gasteiger partial charge in [-0.15, -0.1) is 0 Å². The number of alkyl halides is 3. The molecule has 1 amide bonds. The second-order valence-electron chi connectivity index (χ2n) is 11.5. The van der Waals surface area contributed by atoms with E-state index in [1.54, 1.807) is 6.92 Å². The topological polar surface area (TPSA) is 115 Å². The summed E-state index contributed by atoms with van der Waals surface area (Å²) in [5, 5.41) is 13.4. The molecule has 2 heterocycles. The van der Waals surface area contributed by atoms with E-state index in [1.807, 2.05) is 0 Å². The highest BCUT2D eigenvalue weighted by molar-refractivity contribution is 6.39. The van der Waals surface area contributed by atoms with Gasteiger partial charge in [0.05, 0.1) is 57.5 Å². The zero-order valence-electron chi connectivity index (χ0n) is 23.3. The minimum absolute atomic E-state index is 0.0477. The minimum atomic E-state index is -4.95. The monoisotopic (exact) mass is 632 g/mol. The molecule has 2 aliphatic rings. The molecule has 2 saturated carbocycles. The first-order valence-electron chi connectivity index (χ1n) is 13.8. The van der Waals surface area contributed by atoms with Crippen molar-refractivity contribution < 1.29 is 37.4 Å². The number of carboxylic acid groups (broad SMARTS) is 1. The number of aliphatic carboxylic acids is 1. The number of carboxylic acids is 1. The van der Waals surface area contributed by atoms with Gasteiger partial charge in [0, 0.05) is 19.5 Å². The van der Waals surface area contributed by atoms with Crippen LogP contribution in [0.3, 0.4) is 0 Å². The van der Waals surface area contributed by atoms with Crippen molar-refractivity contribution in [3.63, 3.8) is 0 Å². The zero-order chi connectivity index (χ0) is 30.9. The number of ketones is 1. The smallest absolute Gasteiger partial charge is 0.433 e. The normalized spacial score (nSPS) is 22.5. The zero-order valence-corrected chi connectivity index (χ0v) is 24.9. The number of rotatable bonds is 9. The Hall–Kier alpha value is -2.70. The Balaban J connectivity index is 1.71. The summed E-state index contributed by atoms with van der Waals surface area (Å²) in [6.45, 7) is 0.842. The molecular formula is C28H33Cl2F3N4O5. The summed E-state index contributed by atoms with van der Waals surface area (Å²) in [7, 11) is 1.49. The second kappa shape index (κ2) is 12.5. The molecule has 2 fully saturated rings. The van der Waals surface area contributed by atoms with Crippen molar-refractivity contribution in [2.75, 3.05) is 20.2 Å². The Morgan fingerprint density at radius 3 is 2.19 bits per heavy atom. The predicted molar refractivity (Wildman–Crippen MR) is 148 cm³/mol. The molecule has 0 radical (unpaired) electrons. The summed E-state index contributed by atoms with van der Waals surface area (Å²) in [6.07, 6.45) is 2.66. The van der Waals surface area contributed by atoms with Crippen LogP contribution < -0.4 is 0 Å². The van der Waals surface area contributed by atoms with Crippen LogP contribution in [-0.4, -0.2) is 68.2 Å². The number of aromatic nitrogens is 3. The Kier molecular flexibility index (Phi) is 9.59. The molecule has 0 bridgehead atoms. The lowest BCUT2D eigenvalue weighted by atomic mass is 9.74. The fourth-order valence-electron chi connectivity index (χ4n) is 6.05. The molecule has 0 spiro atoms. The van der Waals surface area contributed by atoms with Crippen LogP contribution in [0.2, 0.25) is 10.0 Å². The van der Waals surface area contributed by atoms with E-state index in [-0.39, 0.29) is 47.8 Å². The third-order valence-corrected chi connectivity index (χ3v) is 9.22. The van der Waals surface area contributed by atoms with Crippen molar-refractivity contribution in [3.8, 4) is 0 Å². The number of hydrogen-bond acceptors (Lipinski definition) is 6. The second-order valence-corrected chi connectivity index (χ2v) is 12.3. The molecule has 0 aliphatic heterocycles. The number of pyridine rings is 1. The quantitative estimate of drug-likeness (QED) is 0.314. The lowest BCUT2D eigenvalue weighted by Crippen LogP contribution is -2.50. The van der Waals surface area contributed by atoms with Gasteiger partial charge in [-0.1, -0.05) is 42.5 Å². The SMILES string of the molecule is COC1(CN(CC(=O)c2c(Cl)cncc2Cl)C(=O)c2cnn([C@H]3CC[C@](C)(C(=O)O)CC3)c2C(F)(F)F)CCCCC1. The van der Waals surface area contributed by atoms with Gasteiger partial charge in [-0.2, -0.15) is 18.3 Å². The van der Waals surface area contributed by atoms with Gasteiger partial charge in [0.15, 0.2) is 11.5 Å². The fourth-order valence-corrected chi connectivity index (χ4v) is 6.62. The van der Waals surface area contributed by atoms with Gasteiger partial charge in [-0.25, -0.2) is 0 Å².